The van der Waals surface area contributed by atoms with Crippen LogP contribution in [0.4, 0.5) is 0 Å². The zero-order chi connectivity index (χ0) is 11.4. The van der Waals surface area contributed by atoms with Gasteiger partial charge >= 0.3 is 0 Å². The number of rotatable bonds is 4. The fourth-order valence-corrected chi connectivity index (χ4v) is 2.59. The molecule has 0 radical (unpaired) electrons. The van der Waals surface area contributed by atoms with E-state index in [1.165, 1.54) is 25.0 Å². The van der Waals surface area contributed by atoms with Crippen molar-refractivity contribution in [2.45, 2.75) is 31.8 Å². The van der Waals surface area contributed by atoms with E-state index < -0.39 is 10.8 Å². The van der Waals surface area contributed by atoms with Crippen LogP contribution in [-0.4, -0.2) is 32.3 Å². The monoisotopic (exact) mass is 241 g/mol. The topological polar surface area (TPSA) is 46.9 Å². The fraction of sp³-hybridized carbons (Fsp3) is 0.727. The molecule has 16 heavy (non-hydrogen) atoms. The molecule has 1 N–H and O–H groups in total. The van der Waals surface area contributed by atoms with Gasteiger partial charge in [0.05, 0.1) is 12.0 Å². The van der Waals surface area contributed by atoms with Gasteiger partial charge in [0.2, 0.25) is 0 Å². The van der Waals surface area contributed by atoms with Crippen LogP contribution in [0.5, 0.6) is 0 Å². The van der Waals surface area contributed by atoms with Crippen molar-refractivity contribution < 1.29 is 4.21 Å². The Kier molecular flexibility index (Phi) is 4.12. The van der Waals surface area contributed by atoms with Gasteiger partial charge < -0.3 is 9.88 Å². The Bertz CT molecular complexity index is 358. The zero-order valence-electron chi connectivity index (χ0n) is 9.69. The van der Waals surface area contributed by atoms with Gasteiger partial charge in [-0.25, -0.2) is 4.98 Å². The summed E-state index contributed by atoms with van der Waals surface area (Å²) in [6, 6.07) is 0.432. The van der Waals surface area contributed by atoms with Gasteiger partial charge in [-0.1, -0.05) is 6.42 Å². The second kappa shape index (κ2) is 5.59. The predicted octanol–water partition coefficient (Wildman–Crippen LogP) is 1.08. The van der Waals surface area contributed by atoms with Crippen LogP contribution < -0.4 is 5.32 Å². The molecule has 2 atom stereocenters. The average molecular weight is 241 g/mol. The highest BCUT2D eigenvalue weighted by molar-refractivity contribution is 7.84. The molecule has 5 heteroatoms. The van der Waals surface area contributed by atoms with Gasteiger partial charge in [-0.05, 0) is 19.4 Å². The number of hydrogen-bond acceptors (Lipinski definition) is 3. The van der Waals surface area contributed by atoms with Gasteiger partial charge in [-0.15, -0.1) is 0 Å². The van der Waals surface area contributed by atoms with Crippen molar-refractivity contribution in [3.63, 3.8) is 0 Å². The summed E-state index contributed by atoms with van der Waals surface area (Å²) in [4.78, 5) is 4.20. The van der Waals surface area contributed by atoms with Crippen LogP contribution in [0, 0.1) is 0 Å². The first-order valence-electron chi connectivity index (χ1n) is 5.81. The summed E-state index contributed by atoms with van der Waals surface area (Å²) in [5, 5.41) is 3.51. The molecule has 1 aromatic rings. The van der Waals surface area contributed by atoms with Crippen LogP contribution in [0.3, 0.4) is 0 Å². The Hall–Kier alpha value is -0.680. The number of imidazole rings is 1. The summed E-state index contributed by atoms with van der Waals surface area (Å²) in [6.07, 6.45) is 9.25. The highest BCUT2D eigenvalue weighted by atomic mass is 32.2. The molecule has 90 valence electrons. The smallest absolute Gasteiger partial charge is 0.0948 e. The third-order valence-corrected chi connectivity index (χ3v) is 3.79. The lowest BCUT2D eigenvalue weighted by molar-refractivity contribution is 0.395. The van der Waals surface area contributed by atoms with E-state index in [2.05, 4.69) is 14.9 Å². The Balaban J connectivity index is 2.02. The van der Waals surface area contributed by atoms with Crippen LogP contribution in [-0.2, 0) is 17.3 Å². The molecule has 2 rings (SSSR count). The molecule has 1 aliphatic rings. The molecule has 0 aliphatic carbocycles. The maximum Gasteiger partial charge on any atom is 0.0948 e. The Morgan fingerprint density at radius 2 is 2.50 bits per heavy atom. The molecule has 0 amide bonds. The van der Waals surface area contributed by atoms with E-state index in [4.69, 9.17) is 0 Å². The van der Waals surface area contributed by atoms with Gasteiger partial charge in [0.1, 0.15) is 0 Å². The SMILES string of the molecule is CS(=O)CCn1cncc1C1CCCCN1. The van der Waals surface area contributed by atoms with Gasteiger partial charge in [0, 0.05) is 41.6 Å². The van der Waals surface area contributed by atoms with E-state index >= 15 is 0 Å². The first-order valence-corrected chi connectivity index (χ1v) is 7.53. The van der Waals surface area contributed by atoms with Crippen molar-refractivity contribution in [1.29, 1.82) is 0 Å². The molecule has 1 saturated heterocycles. The summed E-state index contributed by atoms with van der Waals surface area (Å²) in [5.41, 5.74) is 1.24. The zero-order valence-corrected chi connectivity index (χ0v) is 10.5. The molecule has 1 fully saturated rings. The Morgan fingerprint density at radius 3 is 3.19 bits per heavy atom. The molecule has 0 spiro atoms. The quantitative estimate of drug-likeness (QED) is 0.858. The molecule has 2 heterocycles. The molecule has 1 aromatic heterocycles. The standard InChI is InChI=1S/C11H19N3OS/c1-16(15)7-6-14-9-12-8-11(14)10-4-2-3-5-13-10/h8-10,13H,2-7H2,1H3. The molecule has 0 aromatic carbocycles. The summed E-state index contributed by atoms with van der Waals surface area (Å²) in [7, 11) is -0.732. The third kappa shape index (κ3) is 2.92. The maximum atomic E-state index is 11.1. The Labute approximate surface area is 98.9 Å². The maximum absolute atomic E-state index is 11.1. The lowest BCUT2D eigenvalue weighted by Gasteiger charge is -2.24. The van der Waals surface area contributed by atoms with Crippen LogP contribution in [0.25, 0.3) is 0 Å². The van der Waals surface area contributed by atoms with Gasteiger partial charge in [0.15, 0.2) is 0 Å². The van der Waals surface area contributed by atoms with Crippen molar-refractivity contribution in [3.05, 3.63) is 18.2 Å². The summed E-state index contributed by atoms with van der Waals surface area (Å²) in [5.74, 6) is 0.704. The second-order valence-electron chi connectivity index (χ2n) is 4.29. The van der Waals surface area contributed by atoms with Crippen molar-refractivity contribution in [2.24, 2.45) is 0 Å². The number of hydrogen-bond donors (Lipinski definition) is 1. The molecular formula is C11H19N3OS. The number of aryl methyl sites for hydroxylation is 1. The minimum absolute atomic E-state index is 0.432. The molecule has 0 saturated carbocycles. The van der Waals surface area contributed by atoms with Crippen molar-refractivity contribution in [3.8, 4) is 0 Å². The van der Waals surface area contributed by atoms with Crippen LogP contribution >= 0.6 is 0 Å². The van der Waals surface area contributed by atoms with E-state index in [0.29, 0.717) is 11.8 Å². The van der Waals surface area contributed by atoms with Gasteiger partial charge in [0.25, 0.3) is 0 Å². The molecule has 0 bridgehead atoms. The third-order valence-electron chi connectivity index (χ3n) is 3.03. The fourth-order valence-electron chi connectivity index (χ4n) is 2.14. The highest BCUT2D eigenvalue weighted by Gasteiger charge is 2.18. The van der Waals surface area contributed by atoms with Crippen LogP contribution in [0.2, 0.25) is 0 Å². The van der Waals surface area contributed by atoms with E-state index in [0.717, 1.165) is 13.1 Å². The lowest BCUT2D eigenvalue weighted by atomic mass is 10.0. The predicted molar refractivity (Wildman–Crippen MR) is 65.8 cm³/mol. The number of piperidine rings is 1. The van der Waals surface area contributed by atoms with E-state index in [9.17, 15) is 4.21 Å². The molecule has 1 aliphatic heterocycles. The normalized spacial score (nSPS) is 23.2. The van der Waals surface area contributed by atoms with E-state index in [-0.39, 0.29) is 0 Å². The van der Waals surface area contributed by atoms with Crippen molar-refractivity contribution in [2.75, 3.05) is 18.6 Å². The number of aromatic nitrogens is 2. The van der Waals surface area contributed by atoms with E-state index in [1.54, 1.807) is 6.26 Å². The number of nitrogens with zero attached hydrogens (tertiary/aromatic N) is 2. The second-order valence-corrected chi connectivity index (χ2v) is 5.85. The first-order chi connectivity index (χ1) is 7.77. The first kappa shape index (κ1) is 11.8. The average Bonchev–Trinajstić information content (AvgIpc) is 2.75. The largest absolute Gasteiger partial charge is 0.332 e. The van der Waals surface area contributed by atoms with Crippen LogP contribution in [0.15, 0.2) is 12.5 Å². The minimum Gasteiger partial charge on any atom is -0.332 e. The van der Waals surface area contributed by atoms with Crippen molar-refractivity contribution >= 4 is 10.8 Å². The van der Waals surface area contributed by atoms with Crippen molar-refractivity contribution in [1.82, 2.24) is 14.9 Å². The lowest BCUT2D eigenvalue weighted by Crippen LogP contribution is -2.28. The summed E-state index contributed by atoms with van der Waals surface area (Å²) >= 11 is 0. The van der Waals surface area contributed by atoms with Gasteiger partial charge in [-0.2, -0.15) is 0 Å². The molecule has 2 unspecified atom stereocenters. The summed E-state index contributed by atoms with van der Waals surface area (Å²) in [6.45, 7) is 1.90. The van der Waals surface area contributed by atoms with Crippen LogP contribution in [0.1, 0.15) is 31.0 Å². The summed E-state index contributed by atoms with van der Waals surface area (Å²) < 4.78 is 13.2. The minimum atomic E-state index is -0.732. The molecular weight excluding hydrogens is 222 g/mol. The van der Waals surface area contributed by atoms with E-state index in [1.807, 2.05) is 12.5 Å². The highest BCUT2D eigenvalue weighted by Crippen LogP contribution is 2.22. The molecule has 4 nitrogen and oxygen atoms in total. The number of nitrogens with one attached hydrogen (secondary N) is 1. The Morgan fingerprint density at radius 1 is 1.62 bits per heavy atom. The van der Waals surface area contributed by atoms with Gasteiger partial charge in [-0.3, -0.25) is 4.21 Å².